The summed E-state index contributed by atoms with van der Waals surface area (Å²) in [5, 5.41) is 3.13. The van der Waals surface area contributed by atoms with Crippen molar-refractivity contribution < 1.29 is 9.18 Å². The van der Waals surface area contributed by atoms with Gasteiger partial charge < -0.3 is 15.2 Å². The first kappa shape index (κ1) is 20.6. The summed E-state index contributed by atoms with van der Waals surface area (Å²) in [4.78, 5) is 23.4. The van der Waals surface area contributed by atoms with Gasteiger partial charge in [-0.1, -0.05) is 19.9 Å². The van der Waals surface area contributed by atoms with Crippen molar-refractivity contribution in [3.05, 3.63) is 64.2 Å². The van der Waals surface area contributed by atoms with Gasteiger partial charge in [0.25, 0.3) is 5.91 Å². The van der Waals surface area contributed by atoms with E-state index in [1.165, 1.54) is 0 Å². The van der Waals surface area contributed by atoms with E-state index in [0.717, 1.165) is 71.6 Å². The van der Waals surface area contributed by atoms with Crippen LogP contribution in [0.2, 0.25) is 0 Å². The van der Waals surface area contributed by atoms with Crippen molar-refractivity contribution in [1.82, 2.24) is 20.2 Å². The Hall–Kier alpha value is -2.99. The summed E-state index contributed by atoms with van der Waals surface area (Å²) >= 11 is 0. The number of rotatable bonds is 3. The molecule has 2 aromatic heterocycles. The summed E-state index contributed by atoms with van der Waals surface area (Å²) in [5.41, 5.74) is 8.30. The second-order valence-corrected chi connectivity index (χ2v) is 10.5. The molecular weight excluding hydrogens is 415 g/mol. The molecule has 1 amide bonds. The lowest BCUT2D eigenvalue weighted by molar-refractivity contribution is 0.0688. The predicted octanol–water partition coefficient (Wildman–Crippen LogP) is 4.11. The van der Waals surface area contributed by atoms with Gasteiger partial charge in [0.1, 0.15) is 5.82 Å². The van der Waals surface area contributed by atoms with Crippen LogP contribution in [0.25, 0.3) is 22.5 Å². The average molecular weight is 445 g/mol. The Kier molecular flexibility index (Phi) is 4.53. The lowest BCUT2D eigenvalue weighted by atomic mass is 9.73. The van der Waals surface area contributed by atoms with Crippen molar-refractivity contribution in [2.24, 2.45) is 5.92 Å². The number of amides is 1. The molecule has 1 aromatic carbocycles. The summed E-state index contributed by atoms with van der Waals surface area (Å²) in [5.74, 6) is 0.260. The number of fused-ring (bicyclic) bond motifs is 6. The number of aromatic amines is 1. The molecule has 1 aliphatic carbocycles. The number of carbonyl (C=O) groups is 1. The molecule has 6 heteroatoms. The number of aromatic nitrogens is 2. The van der Waals surface area contributed by atoms with Crippen molar-refractivity contribution >= 4 is 5.91 Å². The smallest absolute Gasteiger partial charge is 0.253 e. The van der Waals surface area contributed by atoms with Crippen molar-refractivity contribution in [3.63, 3.8) is 0 Å². The highest BCUT2D eigenvalue weighted by molar-refractivity contribution is 6.01. The lowest BCUT2D eigenvalue weighted by Gasteiger charge is -2.50. The second kappa shape index (κ2) is 7.26. The van der Waals surface area contributed by atoms with Gasteiger partial charge in [0, 0.05) is 42.7 Å². The van der Waals surface area contributed by atoms with Crippen molar-refractivity contribution in [1.29, 1.82) is 0 Å². The first-order valence-electron chi connectivity index (χ1n) is 11.8. The Morgan fingerprint density at radius 1 is 1.18 bits per heavy atom. The van der Waals surface area contributed by atoms with Gasteiger partial charge >= 0.3 is 0 Å². The number of hydrogen-bond acceptors (Lipinski definition) is 3. The molecule has 0 radical (unpaired) electrons. The molecule has 4 heterocycles. The number of hydrogen-bond donors (Lipinski definition) is 2. The zero-order chi connectivity index (χ0) is 22.9. The zero-order valence-electron chi connectivity index (χ0n) is 19.4. The number of likely N-dealkylation sites (tertiary alicyclic amines) is 1. The molecule has 1 saturated heterocycles. The topological polar surface area (TPSA) is 61.0 Å². The minimum Gasteiger partial charge on any atom is -0.357 e. The van der Waals surface area contributed by atoms with Gasteiger partial charge in [-0.2, -0.15) is 0 Å². The van der Waals surface area contributed by atoms with Gasteiger partial charge in [0.2, 0.25) is 0 Å². The van der Waals surface area contributed by atoms with E-state index < -0.39 is 0 Å². The number of benzene rings is 1. The SMILES string of the molecule is CC(C)Cc1ccc(-c2cc3c(cn2)CCc2c-3[nH]c3c2C(=O)NCC32CN(C)C2)c(F)c1. The van der Waals surface area contributed by atoms with E-state index in [1.807, 2.05) is 24.4 Å². The highest BCUT2D eigenvalue weighted by atomic mass is 19.1. The fraction of sp³-hybridized carbons (Fsp3) is 0.407. The van der Waals surface area contributed by atoms with Crippen LogP contribution in [0.3, 0.4) is 0 Å². The van der Waals surface area contributed by atoms with Crippen LogP contribution in [0.1, 0.15) is 46.6 Å². The van der Waals surface area contributed by atoms with E-state index in [9.17, 15) is 4.79 Å². The Balaban J connectivity index is 1.44. The van der Waals surface area contributed by atoms with Gasteiger partial charge in [-0.3, -0.25) is 9.78 Å². The maximum absolute atomic E-state index is 15.0. The van der Waals surface area contributed by atoms with Crippen LogP contribution < -0.4 is 5.32 Å². The number of halogens is 1. The molecule has 0 saturated carbocycles. The summed E-state index contributed by atoms with van der Waals surface area (Å²) in [6.45, 7) is 6.81. The normalized spacial score (nSPS) is 18.5. The second-order valence-electron chi connectivity index (χ2n) is 10.5. The van der Waals surface area contributed by atoms with Crippen molar-refractivity contribution in [2.45, 2.75) is 38.5 Å². The number of aryl methyl sites for hydroxylation is 1. The van der Waals surface area contributed by atoms with Crippen LogP contribution in [0.5, 0.6) is 0 Å². The van der Waals surface area contributed by atoms with Gasteiger partial charge in [-0.15, -0.1) is 0 Å². The Labute approximate surface area is 193 Å². The molecule has 3 aliphatic rings. The molecule has 5 nitrogen and oxygen atoms in total. The standard InChI is InChI=1S/C27H29FN4O/c1-15(2)8-16-4-6-18(21(28)9-16)22-10-20-17(11-29-22)5-7-19-23-25(31-24(19)20)27(12-30-26(23)33)13-32(3)14-27/h4,6,9-11,15,31H,5,7-8,12-14H2,1-3H3,(H,30,33). The van der Waals surface area contributed by atoms with Crippen LogP contribution in [-0.4, -0.2) is 47.5 Å². The molecule has 6 rings (SSSR count). The third kappa shape index (κ3) is 3.15. The molecule has 2 aliphatic heterocycles. The first-order chi connectivity index (χ1) is 15.8. The summed E-state index contributed by atoms with van der Waals surface area (Å²) < 4.78 is 15.0. The molecule has 1 spiro atoms. The number of nitrogens with zero attached hydrogens (tertiary/aromatic N) is 2. The van der Waals surface area contributed by atoms with Gasteiger partial charge in [-0.05, 0) is 67.1 Å². The average Bonchev–Trinajstić information content (AvgIpc) is 3.16. The minimum atomic E-state index is -0.238. The number of pyridine rings is 1. The fourth-order valence-corrected chi connectivity index (χ4v) is 6.04. The number of carbonyl (C=O) groups excluding carboxylic acids is 1. The molecule has 2 N–H and O–H groups in total. The van der Waals surface area contributed by atoms with Crippen molar-refractivity contribution in [2.75, 3.05) is 26.7 Å². The van der Waals surface area contributed by atoms with Crippen LogP contribution in [-0.2, 0) is 24.7 Å². The summed E-state index contributed by atoms with van der Waals surface area (Å²) in [6, 6.07) is 7.47. The maximum atomic E-state index is 15.0. The summed E-state index contributed by atoms with van der Waals surface area (Å²) in [7, 11) is 2.11. The number of likely N-dealkylation sites (N-methyl/N-ethyl adjacent to an activating group) is 1. The van der Waals surface area contributed by atoms with E-state index in [-0.39, 0.29) is 17.1 Å². The van der Waals surface area contributed by atoms with Gasteiger partial charge in [0.05, 0.1) is 22.4 Å². The van der Waals surface area contributed by atoms with Crippen LogP contribution in [0.4, 0.5) is 4.39 Å². The quantitative estimate of drug-likeness (QED) is 0.639. The van der Waals surface area contributed by atoms with E-state index in [2.05, 4.69) is 41.1 Å². The first-order valence-corrected chi connectivity index (χ1v) is 11.8. The van der Waals surface area contributed by atoms with Crippen LogP contribution in [0, 0.1) is 11.7 Å². The number of nitrogens with one attached hydrogen (secondary N) is 2. The van der Waals surface area contributed by atoms with Gasteiger partial charge in [0.15, 0.2) is 0 Å². The van der Waals surface area contributed by atoms with E-state index in [4.69, 9.17) is 0 Å². The highest BCUT2D eigenvalue weighted by Gasteiger charge is 2.50. The van der Waals surface area contributed by atoms with Crippen molar-refractivity contribution in [3.8, 4) is 22.5 Å². The van der Waals surface area contributed by atoms with E-state index in [1.54, 1.807) is 6.07 Å². The molecule has 33 heavy (non-hydrogen) atoms. The van der Waals surface area contributed by atoms with E-state index >= 15 is 4.39 Å². The number of H-pyrrole nitrogens is 1. The molecule has 170 valence electrons. The minimum absolute atomic E-state index is 0.0205. The largest absolute Gasteiger partial charge is 0.357 e. The molecule has 3 aromatic rings. The van der Waals surface area contributed by atoms with E-state index in [0.29, 0.717) is 23.7 Å². The molecular formula is C27H29FN4O. The monoisotopic (exact) mass is 444 g/mol. The Bertz CT molecular complexity index is 1290. The Morgan fingerprint density at radius 3 is 2.73 bits per heavy atom. The zero-order valence-corrected chi connectivity index (χ0v) is 19.4. The van der Waals surface area contributed by atoms with Crippen LogP contribution in [0.15, 0.2) is 30.5 Å². The van der Waals surface area contributed by atoms with Gasteiger partial charge in [-0.25, -0.2) is 4.39 Å². The lowest BCUT2D eigenvalue weighted by Crippen LogP contribution is -2.65. The Morgan fingerprint density at radius 2 is 2.00 bits per heavy atom. The summed E-state index contributed by atoms with van der Waals surface area (Å²) in [6.07, 6.45) is 4.37. The molecule has 0 unspecified atom stereocenters. The third-order valence-electron chi connectivity index (χ3n) is 7.45. The highest BCUT2D eigenvalue weighted by Crippen LogP contribution is 2.44. The fourth-order valence-electron chi connectivity index (χ4n) is 6.04. The molecule has 1 fully saturated rings. The third-order valence-corrected chi connectivity index (χ3v) is 7.45. The van der Waals surface area contributed by atoms with Crippen LogP contribution >= 0.6 is 0 Å². The predicted molar refractivity (Wildman–Crippen MR) is 127 cm³/mol. The molecule has 0 atom stereocenters. The molecule has 0 bridgehead atoms. The maximum Gasteiger partial charge on any atom is 0.253 e.